The number of para-hydroxylation sites is 1. The molecule has 0 aliphatic carbocycles. The van der Waals surface area contributed by atoms with E-state index in [1.807, 2.05) is 24.8 Å². The average molecular weight is 252 g/mol. The van der Waals surface area contributed by atoms with Crippen molar-refractivity contribution < 1.29 is 9.50 Å². The van der Waals surface area contributed by atoms with Gasteiger partial charge in [-0.2, -0.15) is 0 Å². The molecule has 3 nitrogen and oxygen atoms in total. The molecule has 0 spiro atoms. The number of nitrogens with zero attached hydrogens (tertiary/aromatic N) is 1. The molecule has 0 saturated carbocycles. The Balaban J connectivity index is 2.28. The van der Waals surface area contributed by atoms with Gasteiger partial charge in [0.1, 0.15) is 5.82 Å². The van der Waals surface area contributed by atoms with E-state index in [9.17, 15) is 9.50 Å². The van der Waals surface area contributed by atoms with E-state index in [-0.39, 0.29) is 11.9 Å². The van der Waals surface area contributed by atoms with E-state index < -0.39 is 5.60 Å². The van der Waals surface area contributed by atoms with Crippen molar-refractivity contribution in [2.45, 2.75) is 38.3 Å². The normalized spacial score (nSPS) is 20.8. The molecule has 18 heavy (non-hydrogen) atoms. The van der Waals surface area contributed by atoms with Crippen LogP contribution >= 0.6 is 0 Å². The van der Waals surface area contributed by atoms with E-state index in [1.165, 1.54) is 6.07 Å². The predicted molar refractivity (Wildman–Crippen MR) is 71.1 cm³/mol. The first-order chi connectivity index (χ1) is 8.41. The van der Waals surface area contributed by atoms with Crippen molar-refractivity contribution in [1.82, 2.24) is 0 Å². The highest BCUT2D eigenvalue weighted by molar-refractivity contribution is 5.56. The fraction of sp³-hybridized carbons (Fsp3) is 0.571. The van der Waals surface area contributed by atoms with E-state index in [1.54, 1.807) is 6.07 Å². The highest BCUT2D eigenvalue weighted by atomic mass is 19.1. The Kier molecular flexibility index (Phi) is 3.59. The van der Waals surface area contributed by atoms with Crippen LogP contribution in [0.2, 0.25) is 0 Å². The molecule has 0 unspecified atom stereocenters. The summed E-state index contributed by atoms with van der Waals surface area (Å²) in [4.78, 5) is 1.99. The lowest BCUT2D eigenvalue weighted by molar-refractivity contribution is 0.0350. The van der Waals surface area contributed by atoms with E-state index in [2.05, 4.69) is 0 Å². The second kappa shape index (κ2) is 4.86. The minimum atomic E-state index is -0.629. The maximum Gasteiger partial charge on any atom is 0.146 e. The Labute approximate surface area is 107 Å². The van der Waals surface area contributed by atoms with Gasteiger partial charge in [-0.1, -0.05) is 12.1 Å². The Morgan fingerprint density at radius 1 is 1.39 bits per heavy atom. The lowest BCUT2D eigenvalue weighted by Gasteiger charge is -2.38. The summed E-state index contributed by atoms with van der Waals surface area (Å²) in [5.41, 5.74) is 6.70. The van der Waals surface area contributed by atoms with Crippen molar-refractivity contribution in [3.63, 3.8) is 0 Å². The number of rotatable bonds is 2. The fourth-order valence-electron chi connectivity index (χ4n) is 2.45. The van der Waals surface area contributed by atoms with E-state index >= 15 is 0 Å². The summed E-state index contributed by atoms with van der Waals surface area (Å²) in [7, 11) is 0. The van der Waals surface area contributed by atoms with Crippen LogP contribution in [0.5, 0.6) is 0 Å². The first-order valence-corrected chi connectivity index (χ1v) is 6.42. The summed E-state index contributed by atoms with van der Waals surface area (Å²) in [6.45, 7) is 5.01. The standard InChI is InChI=1S/C14H21FN2O/c1-10(16)11-4-3-5-12(15)13(11)17-8-6-14(2,18)7-9-17/h3-5,10,18H,6-9,16H2,1-2H3/t10-/m0/s1. The third-order valence-electron chi connectivity index (χ3n) is 3.67. The minimum Gasteiger partial charge on any atom is -0.390 e. The number of piperidine rings is 1. The van der Waals surface area contributed by atoms with Crippen LogP contribution < -0.4 is 10.6 Å². The quantitative estimate of drug-likeness (QED) is 0.848. The fourth-order valence-corrected chi connectivity index (χ4v) is 2.45. The lowest BCUT2D eigenvalue weighted by Crippen LogP contribution is -2.43. The van der Waals surface area contributed by atoms with Crippen LogP contribution in [0.1, 0.15) is 38.3 Å². The first kappa shape index (κ1) is 13.3. The molecule has 1 aliphatic heterocycles. The zero-order chi connectivity index (χ0) is 13.3. The lowest BCUT2D eigenvalue weighted by atomic mass is 9.92. The van der Waals surface area contributed by atoms with E-state index in [4.69, 9.17) is 5.73 Å². The molecule has 1 fully saturated rings. The van der Waals surface area contributed by atoms with Crippen LogP contribution in [0, 0.1) is 5.82 Å². The van der Waals surface area contributed by atoms with Gasteiger partial charge in [0.15, 0.2) is 0 Å². The van der Waals surface area contributed by atoms with Gasteiger partial charge in [-0.25, -0.2) is 4.39 Å². The number of benzene rings is 1. The maximum atomic E-state index is 14.0. The number of aliphatic hydroxyl groups is 1. The van der Waals surface area contributed by atoms with Crippen LogP contribution in [0.4, 0.5) is 10.1 Å². The smallest absolute Gasteiger partial charge is 0.146 e. The molecular formula is C14H21FN2O. The van der Waals surface area contributed by atoms with Gasteiger partial charge in [0.2, 0.25) is 0 Å². The molecule has 1 aliphatic rings. The first-order valence-electron chi connectivity index (χ1n) is 6.42. The van der Waals surface area contributed by atoms with Crippen LogP contribution in [0.3, 0.4) is 0 Å². The van der Waals surface area contributed by atoms with Gasteiger partial charge >= 0.3 is 0 Å². The van der Waals surface area contributed by atoms with Crippen molar-refractivity contribution in [3.05, 3.63) is 29.6 Å². The molecule has 0 radical (unpaired) electrons. The number of nitrogens with two attached hydrogens (primary N) is 1. The van der Waals surface area contributed by atoms with Crippen LogP contribution in [-0.2, 0) is 0 Å². The Bertz CT molecular complexity index is 422. The number of anilines is 1. The third-order valence-corrected chi connectivity index (χ3v) is 3.67. The zero-order valence-electron chi connectivity index (χ0n) is 11.0. The molecule has 1 aromatic rings. The van der Waals surface area contributed by atoms with Crippen LogP contribution in [0.15, 0.2) is 18.2 Å². The molecule has 3 N–H and O–H groups in total. The van der Waals surface area contributed by atoms with Crippen molar-refractivity contribution in [3.8, 4) is 0 Å². The van der Waals surface area contributed by atoms with Crippen molar-refractivity contribution in [1.29, 1.82) is 0 Å². The largest absolute Gasteiger partial charge is 0.390 e. The van der Waals surface area contributed by atoms with Gasteiger partial charge in [0, 0.05) is 19.1 Å². The highest BCUT2D eigenvalue weighted by Crippen LogP contribution is 2.32. The Morgan fingerprint density at radius 3 is 2.56 bits per heavy atom. The van der Waals surface area contributed by atoms with Gasteiger partial charge in [-0.05, 0) is 38.3 Å². The number of hydrogen-bond acceptors (Lipinski definition) is 3. The molecule has 1 atom stereocenters. The van der Waals surface area contributed by atoms with Crippen LogP contribution in [0.25, 0.3) is 0 Å². The third kappa shape index (κ3) is 2.65. The second-order valence-corrected chi connectivity index (χ2v) is 5.45. The molecule has 4 heteroatoms. The van der Waals surface area contributed by atoms with Crippen molar-refractivity contribution in [2.24, 2.45) is 5.73 Å². The monoisotopic (exact) mass is 252 g/mol. The van der Waals surface area contributed by atoms with E-state index in [0.29, 0.717) is 31.6 Å². The second-order valence-electron chi connectivity index (χ2n) is 5.45. The van der Waals surface area contributed by atoms with Crippen molar-refractivity contribution >= 4 is 5.69 Å². The van der Waals surface area contributed by atoms with Gasteiger partial charge in [0.25, 0.3) is 0 Å². The summed E-state index contributed by atoms with van der Waals surface area (Å²) >= 11 is 0. The molecular weight excluding hydrogens is 231 g/mol. The van der Waals surface area contributed by atoms with Gasteiger partial charge in [-0.3, -0.25) is 0 Å². The molecule has 1 heterocycles. The SMILES string of the molecule is C[C@H](N)c1cccc(F)c1N1CCC(C)(O)CC1. The van der Waals surface area contributed by atoms with Crippen molar-refractivity contribution in [2.75, 3.05) is 18.0 Å². The summed E-state index contributed by atoms with van der Waals surface area (Å²) in [6.07, 6.45) is 1.31. The van der Waals surface area contributed by atoms with Gasteiger partial charge in [-0.15, -0.1) is 0 Å². The molecule has 1 saturated heterocycles. The summed E-state index contributed by atoms with van der Waals surface area (Å²) in [5.74, 6) is -0.230. The average Bonchev–Trinajstić information content (AvgIpc) is 2.29. The molecule has 0 aromatic heterocycles. The Morgan fingerprint density at radius 2 is 2.00 bits per heavy atom. The minimum absolute atomic E-state index is 0.196. The molecule has 0 bridgehead atoms. The zero-order valence-corrected chi connectivity index (χ0v) is 11.0. The van der Waals surface area contributed by atoms with Gasteiger partial charge < -0.3 is 15.7 Å². The van der Waals surface area contributed by atoms with Crippen LogP contribution in [-0.4, -0.2) is 23.8 Å². The summed E-state index contributed by atoms with van der Waals surface area (Å²) in [6, 6.07) is 4.83. The number of hydrogen-bond donors (Lipinski definition) is 2. The molecule has 2 rings (SSSR count). The predicted octanol–water partition coefficient (Wildman–Crippen LogP) is 2.20. The topological polar surface area (TPSA) is 49.5 Å². The number of halogens is 1. The highest BCUT2D eigenvalue weighted by Gasteiger charge is 2.29. The Hall–Kier alpha value is -1.13. The van der Waals surface area contributed by atoms with E-state index in [0.717, 1.165) is 5.56 Å². The molecule has 0 amide bonds. The summed E-state index contributed by atoms with van der Waals surface area (Å²) in [5, 5.41) is 9.94. The maximum absolute atomic E-state index is 14.0. The summed E-state index contributed by atoms with van der Waals surface area (Å²) < 4.78 is 14.0. The van der Waals surface area contributed by atoms with Gasteiger partial charge in [0.05, 0.1) is 11.3 Å². The molecule has 1 aromatic carbocycles. The molecule has 100 valence electrons.